The zero-order chi connectivity index (χ0) is 12.6. The number of carbonyl (C=O) groups is 1. The summed E-state index contributed by atoms with van der Waals surface area (Å²) in [5, 5.41) is 3.05. The fourth-order valence-electron chi connectivity index (χ4n) is 2.07. The Bertz CT molecular complexity index is 564. The van der Waals surface area contributed by atoms with Crippen molar-refractivity contribution in [1.82, 2.24) is 14.5 Å². The number of aromatic nitrogens is 2. The van der Waals surface area contributed by atoms with Gasteiger partial charge >= 0.3 is 5.69 Å². The molecule has 0 bridgehead atoms. The lowest BCUT2D eigenvalue weighted by Crippen LogP contribution is -2.42. The Hall–Kier alpha value is -1.69. The van der Waals surface area contributed by atoms with Crippen LogP contribution in [0.2, 0.25) is 0 Å². The van der Waals surface area contributed by atoms with Crippen LogP contribution >= 0.6 is 0 Å². The van der Waals surface area contributed by atoms with Crippen molar-refractivity contribution in [3.8, 4) is 0 Å². The van der Waals surface area contributed by atoms with Crippen molar-refractivity contribution in [2.45, 2.75) is 18.9 Å². The fraction of sp³-hybridized carbons (Fsp3) is 0.545. The quantitative estimate of drug-likeness (QED) is 0.671. The molecule has 0 aliphatic carbocycles. The van der Waals surface area contributed by atoms with E-state index in [1.54, 1.807) is 0 Å². The van der Waals surface area contributed by atoms with Crippen molar-refractivity contribution in [3.63, 3.8) is 0 Å². The molecule has 0 amide bonds. The van der Waals surface area contributed by atoms with Gasteiger partial charge in [0.25, 0.3) is 5.56 Å². The van der Waals surface area contributed by atoms with Gasteiger partial charge in [-0.25, -0.2) is 4.79 Å². The molecule has 17 heavy (non-hydrogen) atoms. The first-order chi connectivity index (χ1) is 8.02. The minimum absolute atomic E-state index is 0.0778. The van der Waals surface area contributed by atoms with Crippen LogP contribution < -0.4 is 16.6 Å². The number of rotatable bonds is 2. The van der Waals surface area contributed by atoms with Crippen LogP contribution in [0.3, 0.4) is 0 Å². The highest BCUT2D eigenvalue weighted by atomic mass is 16.2. The molecule has 1 atom stereocenters. The summed E-state index contributed by atoms with van der Waals surface area (Å²) >= 11 is 0. The van der Waals surface area contributed by atoms with Gasteiger partial charge in [0, 0.05) is 20.3 Å². The molecular formula is C11H15N3O3. The Kier molecular flexibility index (Phi) is 2.97. The lowest BCUT2D eigenvalue weighted by molar-refractivity contribution is 0.0949. The highest BCUT2D eigenvalue weighted by Gasteiger charge is 2.26. The first-order valence-corrected chi connectivity index (χ1v) is 5.56. The van der Waals surface area contributed by atoms with E-state index in [4.69, 9.17) is 0 Å². The van der Waals surface area contributed by atoms with E-state index in [1.807, 2.05) is 0 Å². The van der Waals surface area contributed by atoms with Gasteiger partial charge in [-0.15, -0.1) is 0 Å². The number of nitrogens with zero attached hydrogens (tertiary/aromatic N) is 2. The maximum atomic E-state index is 12.1. The number of carbonyl (C=O) groups excluding carboxylic acids is 1. The fourth-order valence-corrected chi connectivity index (χ4v) is 2.07. The first kappa shape index (κ1) is 11.8. The summed E-state index contributed by atoms with van der Waals surface area (Å²) in [6.07, 6.45) is 3.00. The average Bonchev–Trinajstić information content (AvgIpc) is 2.84. The SMILES string of the molecule is Cn1cc(C(=O)C2CCCN2)c(=O)n(C)c1=O. The standard InChI is InChI=1S/C11H15N3O3/c1-13-6-7(10(16)14(2)11(13)17)9(15)8-4-3-5-12-8/h6,8,12H,3-5H2,1-2H3. The molecule has 1 N–H and O–H groups in total. The largest absolute Gasteiger partial charge is 0.330 e. The molecule has 2 rings (SSSR count). The molecule has 0 saturated carbocycles. The van der Waals surface area contributed by atoms with E-state index in [1.165, 1.54) is 24.9 Å². The van der Waals surface area contributed by atoms with Crippen LogP contribution in [-0.4, -0.2) is 27.5 Å². The van der Waals surface area contributed by atoms with Crippen molar-refractivity contribution in [1.29, 1.82) is 0 Å². The minimum atomic E-state index is -0.521. The van der Waals surface area contributed by atoms with Crippen LogP contribution in [0.25, 0.3) is 0 Å². The van der Waals surface area contributed by atoms with Gasteiger partial charge in [-0.3, -0.25) is 14.2 Å². The van der Waals surface area contributed by atoms with E-state index >= 15 is 0 Å². The second kappa shape index (κ2) is 4.29. The van der Waals surface area contributed by atoms with Crippen LogP contribution in [-0.2, 0) is 14.1 Å². The monoisotopic (exact) mass is 237 g/mol. The maximum Gasteiger partial charge on any atom is 0.330 e. The third-order valence-electron chi connectivity index (χ3n) is 3.09. The molecule has 1 saturated heterocycles. The van der Waals surface area contributed by atoms with E-state index in [9.17, 15) is 14.4 Å². The lowest BCUT2D eigenvalue weighted by Gasteiger charge is -2.10. The molecule has 1 aromatic rings. The maximum absolute atomic E-state index is 12.1. The topological polar surface area (TPSA) is 73.1 Å². The second-order valence-corrected chi connectivity index (χ2v) is 4.31. The van der Waals surface area contributed by atoms with Crippen LogP contribution in [0.15, 0.2) is 15.8 Å². The molecule has 2 heterocycles. The minimum Gasteiger partial charge on any atom is -0.307 e. The van der Waals surface area contributed by atoms with Crippen LogP contribution in [0.1, 0.15) is 23.2 Å². The van der Waals surface area contributed by atoms with Gasteiger partial charge in [0.2, 0.25) is 0 Å². The van der Waals surface area contributed by atoms with E-state index in [0.717, 1.165) is 24.0 Å². The molecule has 1 fully saturated rings. The molecule has 0 radical (unpaired) electrons. The summed E-state index contributed by atoms with van der Waals surface area (Å²) in [5.41, 5.74) is -0.869. The summed E-state index contributed by atoms with van der Waals surface area (Å²) in [4.78, 5) is 35.4. The number of hydrogen-bond acceptors (Lipinski definition) is 4. The highest BCUT2D eigenvalue weighted by Crippen LogP contribution is 2.09. The van der Waals surface area contributed by atoms with Gasteiger partial charge in [0.05, 0.1) is 6.04 Å². The van der Waals surface area contributed by atoms with Crippen molar-refractivity contribution in [3.05, 3.63) is 32.6 Å². The predicted molar refractivity (Wildman–Crippen MR) is 62.3 cm³/mol. The number of aryl methyl sites for hydroxylation is 1. The van der Waals surface area contributed by atoms with E-state index in [-0.39, 0.29) is 17.4 Å². The molecule has 0 spiro atoms. The number of ketones is 1. The molecular weight excluding hydrogens is 222 g/mol. The second-order valence-electron chi connectivity index (χ2n) is 4.31. The predicted octanol–water partition coefficient (Wildman–Crippen LogP) is -0.981. The van der Waals surface area contributed by atoms with Crippen molar-refractivity contribution in [2.75, 3.05) is 6.54 Å². The van der Waals surface area contributed by atoms with Crippen molar-refractivity contribution >= 4 is 5.78 Å². The van der Waals surface area contributed by atoms with Crippen molar-refractivity contribution < 1.29 is 4.79 Å². The number of nitrogens with one attached hydrogen (secondary N) is 1. The van der Waals surface area contributed by atoms with Gasteiger partial charge in [0.15, 0.2) is 5.78 Å². The van der Waals surface area contributed by atoms with Gasteiger partial charge < -0.3 is 9.88 Å². The Labute approximate surface area is 97.9 Å². The highest BCUT2D eigenvalue weighted by molar-refractivity contribution is 5.99. The van der Waals surface area contributed by atoms with Gasteiger partial charge in [-0.05, 0) is 19.4 Å². The van der Waals surface area contributed by atoms with E-state index in [2.05, 4.69) is 5.32 Å². The van der Waals surface area contributed by atoms with Crippen LogP contribution in [0, 0.1) is 0 Å². The smallest absolute Gasteiger partial charge is 0.307 e. The third-order valence-corrected chi connectivity index (χ3v) is 3.09. The van der Waals surface area contributed by atoms with Crippen LogP contribution in [0.4, 0.5) is 0 Å². The first-order valence-electron chi connectivity index (χ1n) is 5.56. The summed E-state index contributed by atoms with van der Waals surface area (Å²) in [7, 11) is 2.91. The van der Waals surface area contributed by atoms with Gasteiger partial charge in [-0.1, -0.05) is 0 Å². The van der Waals surface area contributed by atoms with Crippen LogP contribution in [0.5, 0.6) is 0 Å². The Morgan fingerprint density at radius 1 is 1.41 bits per heavy atom. The van der Waals surface area contributed by atoms with Gasteiger partial charge in [0.1, 0.15) is 5.56 Å². The average molecular weight is 237 g/mol. The molecule has 6 heteroatoms. The molecule has 1 aromatic heterocycles. The molecule has 1 unspecified atom stereocenters. The number of hydrogen-bond donors (Lipinski definition) is 1. The molecule has 6 nitrogen and oxygen atoms in total. The summed E-state index contributed by atoms with van der Waals surface area (Å²) in [6.45, 7) is 0.794. The Balaban J connectivity index is 2.49. The zero-order valence-electron chi connectivity index (χ0n) is 9.90. The molecule has 0 aromatic carbocycles. The van der Waals surface area contributed by atoms with E-state index in [0.29, 0.717) is 0 Å². The van der Waals surface area contributed by atoms with Crippen molar-refractivity contribution in [2.24, 2.45) is 14.1 Å². The number of Topliss-reactive ketones (excluding diaryl/α,β-unsaturated/α-hetero) is 1. The molecule has 1 aliphatic heterocycles. The van der Waals surface area contributed by atoms with E-state index < -0.39 is 11.2 Å². The normalized spacial score (nSPS) is 19.5. The summed E-state index contributed by atoms with van der Waals surface area (Å²) in [5.74, 6) is -0.223. The Morgan fingerprint density at radius 2 is 2.12 bits per heavy atom. The third kappa shape index (κ3) is 1.95. The summed E-state index contributed by atoms with van der Waals surface area (Å²) in [6, 6.07) is -0.291. The Morgan fingerprint density at radius 3 is 2.71 bits per heavy atom. The zero-order valence-corrected chi connectivity index (χ0v) is 9.90. The van der Waals surface area contributed by atoms with Gasteiger partial charge in [-0.2, -0.15) is 0 Å². The molecule has 92 valence electrons. The summed E-state index contributed by atoms with van der Waals surface area (Å²) < 4.78 is 2.21. The lowest BCUT2D eigenvalue weighted by atomic mass is 10.1. The molecule has 1 aliphatic rings.